The molecule has 108 valence electrons. The predicted octanol–water partition coefficient (Wildman–Crippen LogP) is 5.16. The van der Waals surface area contributed by atoms with E-state index in [4.69, 9.17) is 4.74 Å². The lowest BCUT2D eigenvalue weighted by Crippen LogP contribution is -2.02. The number of aliphatic hydroxyl groups excluding tert-OH is 1. The van der Waals surface area contributed by atoms with Gasteiger partial charge in [-0.15, -0.1) is 0 Å². The van der Waals surface area contributed by atoms with Crippen LogP contribution in [0.3, 0.4) is 0 Å². The molecule has 0 fully saturated rings. The maximum atomic E-state index is 10.3. The highest BCUT2D eigenvalue weighted by Gasteiger charge is 2.14. The first kappa shape index (κ1) is 16.5. The fourth-order valence-electron chi connectivity index (χ4n) is 2.20. The monoisotopic (exact) mass is 328 g/mol. The third kappa shape index (κ3) is 5.15. The molecule has 0 saturated heterocycles. The standard InChI is InChI=1S/C16H25BrO2/c1-4-5-6-7-8-9-15(18)13-11-14(17)12(2)10-16(13)19-3/h10-11,15,18H,4-9H2,1-3H3. The summed E-state index contributed by atoms with van der Waals surface area (Å²) in [7, 11) is 1.65. The van der Waals surface area contributed by atoms with Crippen LogP contribution in [0.2, 0.25) is 0 Å². The first-order valence-electron chi connectivity index (χ1n) is 7.12. The van der Waals surface area contributed by atoms with E-state index in [1.807, 2.05) is 19.1 Å². The first-order chi connectivity index (χ1) is 9.10. The van der Waals surface area contributed by atoms with Crippen molar-refractivity contribution in [2.24, 2.45) is 0 Å². The number of hydrogen-bond donors (Lipinski definition) is 1. The zero-order valence-corrected chi connectivity index (χ0v) is 13.8. The highest BCUT2D eigenvalue weighted by molar-refractivity contribution is 9.10. The average molecular weight is 329 g/mol. The quantitative estimate of drug-likeness (QED) is 0.668. The third-order valence-electron chi connectivity index (χ3n) is 3.45. The maximum absolute atomic E-state index is 10.3. The van der Waals surface area contributed by atoms with Gasteiger partial charge in [0.05, 0.1) is 13.2 Å². The normalized spacial score (nSPS) is 12.5. The zero-order valence-electron chi connectivity index (χ0n) is 12.2. The molecule has 0 aromatic heterocycles. The van der Waals surface area contributed by atoms with Crippen LogP contribution in [0, 0.1) is 6.92 Å². The molecule has 0 aliphatic carbocycles. The fourth-order valence-corrected chi connectivity index (χ4v) is 2.57. The Morgan fingerprint density at radius 3 is 2.53 bits per heavy atom. The minimum absolute atomic E-state index is 0.437. The van der Waals surface area contributed by atoms with Crippen molar-refractivity contribution in [2.75, 3.05) is 7.11 Å². The first-order valence-corrected chi connectivity index (χ1v) is 7.91. The summed E-state index contributed by atoms with van der Waals surface area (Å²) >= 11 is 3.51. The van der Waals surface area contributed by atoms with Crippen LogP contribution in [0.15, 0.2) is 16.6 Å². The van der Waals surface area contributed by atoms with E-state index in [0.717, 1.165) is 34.2 Å². The van der Waals surface area contributed by atoms with Crippen LogP contribution in [-0.4, -0.2) is 12.2 Å². The second-order valence-corrected chi connectivity index (χ2v) is 5.92. The van der Waals surface area contributed by atoms with Gasteiger partial charge in [0.25, 0.3) is 0 Å². The molecule has 1 rings (SSSR count). The Morgan fingerprint density at radius 2 is 1.89 bits per heavy atom. The third-order valence-corrected chi connectivity index (χ3v) is 4.31. The molecule has 0 bridgehead atoms. The molecule has 1 aromatic carbocycles. The van der Waals surface area contributed by atoms with Crippen LogP contribution in [0.25, 0.3) is 0 Å². The second-order valence-electron chi connectivity index (χ2n) is 5.06. The maximum Gasteiger partial charge on any atom is 0.125 e. The van der Waals surface area contributed by atoms with Crippen molar-refractivity contribution >= 4 is 15.9 Å². The van der Waals surface area contributed by atoms with Gasteiger partial charge in [-0.2, -0.15) is 0 Å². The van der Waals surface area contributed by atoms with Crippen molar-refractivity contribution < 1.29 is 9.84 Å². The summed E-state index contributed by atoms with van der Waals surface area (Å²) in [6, 6.07) is 3.95. The van der Waals surface area contributed by atoms with Gasteiger partial charge in [0, 0.05) is 10.0 Å². The van der Waals surface area contributed by atoms with E-state index in [9.17, 15) is 5.11 Å². The topological polar surface area (TPSA) is 29.5 Å². The van der Waals surface area contributed by atoms with E-state index < -0.39 is 6.10 Å². The molecule has 19 heavy (non-hydrogen) atoms. The Morgan fingerprint density at radius 1 is 1.21 bits per heavy atom. The number of unbranched alkanes of at least 4 members (excludes halogenated alkanes) is 4. The van der Waals surface area contributed by atoms with Gasteiger partial charge in [0.1, 0.15) is 5.75 Å². The summed E-state index contributed by atoms with van der Waals surface area (Å²) < 4.78 is 6.39. The molecule has 2 nitrogen and oxygen atoms in total. The minimum atomic E-state index is -0.437. The van der Waals surface area contributed by atoms with Crippen LogP contribution in [0.5, 0.6) is 5.75 Å². The van der Waals surface area contributed by atoms with Gasteiger partial charge in [-0.1, -0.05) is 55.0 Å². The largest absolute Gasteiger partial charge is 0.496 e. The highest BCUT2D eigenvalue weighted by atomic mass is 79.9. The molecule has 0 aliphatic heterocycles. The van der Waals surface area contributed by atoms with E-state index in [0.29, 0.717) is 0 Å². The van der Waals surface area contributed by atoms with Gasteiger partial charge in [-0.05, 0) is 31.0 Å². The van der Waals surface area contributed by atoms with Crippen molar-refractivity contribution in [3.63, 3.8) is 0 Å². The minimum Gasteiger partial charge on any atom is -0.496 e. The molecular weight excluding hydrogens is 304 g/mol. The molecule has 0 spiro atoms. The van der Waals surface area contributed by atoms with Crippen molar-refractivity contribution in [1.29, 1.82) is 0 Å². The Balaban J connectivity index is 2.60. The van der Waals surface area contributed by atoms with E-state index in [2.05, 4.69) is 22.9 Å². The molecule has 0 amide bonds. The number of aliphatic hydroxyl groups is 1. The predicted molar refractivity (Wildman–Crippen MR) is 83.8 cm³/mol. The Kier molecular flexibility index (Phi) is 7.47. The van der Waals surface area contributed by atoms with Gasteiger partial charge >= 0.3 is 0 Å². The summed E-state index contributed by atoms with van der Waals surface area (Å²) in [5.74, 6) is 0.779. The zero-order chi connectivity index (χ0) is 14.3. The van der Waals surface area contributed by atoms with Gasteiger partial charge in [0.15, 0.2) is 0 Å². The summed E-state index contributed by atoms with van der Waals surface area (Å²) in [6.45, 7) is 4.23. The molecule has 1 aromatic rings. The molecular formula is C16H25BrO2. The SMILES string of the molecule is CCCCCCCC(O)c1cc(Br)c(C)cc1OC. The van der Waals surface area contributed by atoms with Crippen LogP contribution >= 0.6 is 15.9 Å². The van der Waals surface area contributed by atoms with Crippen LogP contribution in [0.4, 0.5) is 0 Å². The lowest BCUT2D eigenvalue weighted by atomic mass is 10.0. The van der Waals surface area contributed by atoms with Gasteiger partial charge < -0.3 is 9.84 Å². The second kappa shape index (κ2) is 8.60. The molecule has 1 N–H and O–H groups in total. The molecule has 0 aliphatic rings. The van der Waals surface area contributed by atoms with Crippen molar-refractivity contribution in [1.82, 2.24) is 0 Å². The molecule has 0 saturated carbocycles. The highest BCUT2D eigenvalue weighted by Crippen LogP contribution is 2.33. The number of ether oxygens (including phenoxy) is 1. The number of hydrogen-bond acceptors (Lipinski definition) is 2. The smallest absolute Gasteiger partial charge is 0.125 e. The Hall–Kier alpha value is -0.540. The van der Waals surface area contributed by atoms with Crippen LogP contribution in [-0.2, 0) is 0 Å². The molecule has 1 atom stereocenters. The fraction of sp³-hybridized carbons (Fsp3) is 0.625. The number of benzene rings is 1. The van der Waals surface area contributed by atoms with E-state index in [1.165, 1.54) is 25.7 Å². The van der Waals surface area contributed by atoms with E-state index in [-0.39, 0.29) is 0 Å². The van der Waals surface area contributed by atoms with E-state index in [1.54, 1.807) is 7.11 Å². The van der Waals surface area contributed by atoms with Gasteiger partial charge in [-0.3, -0.25) is 0 Å². The average Bonchev–Trinajstić information content (AvgIpc) is 2.40. The summed E-state index contributed by atoms with van der Waals surface area (Å²) in [6.07, 6.45) is 6.42. The molecule has 0 heterocycles. The van der Waals surface area contributed by atoms with Gasteiger partial charge in [0.2, 0.25) is 0 Å². The Bertz CT molecular complexity index is 391. The number of methoxy groups -OCH3 is 1. The van der Waals surface area contributed by atoms with E-state index >= 15 is 0 Å². The lowest BCUT2D eigenvalue weighted by Gasteiger charge is -2.16. The van der Waals surface area contributed by atoms with Gasteiger partial charge in [-0.25, -0.2) is 0 Å². The summed E-state index contributed by atoms with van der Waals surface area (Å²) in [5.41, 5.74) is 2.01. The van der Waals surface area contributed by atoms with Crippen molar-refractivity contribution in [2.45, 2.75) is 58.5 Å². The lowest BCUT2D eigenvalue weighted by molar-refractivity contribution is 0.159. The number of aryl methyl sites for hydroxylation is 1. The summed E-state index contributed by atoms with van der Waals surface area (Å²) in [4.78, 5) is 0. The molecule has 0 radical (unpaired) electrons. The van der Waals surface area contributed by atoms with Crippen LogP contribution in [0.1, 0.15) is 62.7 Å². The Labute approximate surface area is 125 Å². The van der Waals surface area contributed by atoms with Crippen molar-refractivity contribution in [3.05, 3.63) is 27.7 Å². The number of halogens is 1. The summed E-state index contributed by atoms with van der Waals surface area (Å²) in [5, 5.41) is 10.3. The molecule has 3 heteroatoms. The van der Waals surface area contributed by atoms with Crippen molar-refractivity contribution in [3.8, 4) is 5.75 Å². The van der Waals surface area contributed by atoms with Crippen LogP contribution < -0.4 is 4.74 Å². The molecule has 1 unspecified atom stereocenters. The number of rotatable bonds is 8.